The van der Waals surface area contributed by atoms with Crippen LogP contribution in [0.25, 0.3) is 5.69 Å². The molecule has 3 nitrogen and oxygen atoms in total. The largest absolute Gasteiger partial charge is 0.313 e. The smallest absolute Gasteiger partial charge is 0.0790 e. The van der Waals surface area contributed by atoms with Crippen molar-refractivity contribution < 1.29 is 0 Å². The van der Waals surface area contributed by atoms with Gasteiger partial charge in [-0.05, 0) is 54.9 Å². The minimum atomic E-state index is 0.885. The second-order valence-electron chi connectivity index (χ2n) is 4.69. The van der Waals surface area contributed by atoms with Gasteiger partial charge in [-0.1, -0.05) is 19.1 Å². The molecule has 4 heteroatoms. The molecule has 0 aliphatic rings. The number of nitrogens with zero attached hydrogens (tertiary/aromatic N) is 2. The van der Waals surface area contributed by atoms with Gasteiger partial charge in [0, 0.05) is 22.3 Å². The Morgan fingerprint density at radius 2 is 2.00 bits per heavy atom. The zero-order valence-corrected chi connectivity index (χ0v) is 13.3. The molecule has 0 saturated heterocycles. The molecule has 1 heterocycles. The summed E-state index contributed by atoms with van der Waals surface area (Å²) in [6.07, 6.45) is 1.15. The average molecular weight is 322 g/mol. The molecule has 0 spiro atoms. The van der Waals surface area contributed by atoms with Gasteiger partial charge in [0.2, 0.25) is 0 Å². The number of aryl methyl sites for hydroxylation is 1. The quantitative estimate of drug-likeness (QED) is 0.850. The molecule has 0 amide bonds. The van der Waals surface area contributed by atoms with Crippen LogP contribution < -0.4 is 5.32 Å². The second-order valence-corrected chi connectivity index (χ2v) is 5.54. The number of aromatic nitrogens is 2. The lowest BCUT2D eigenvalue weighted by Crippen LogP contribution is -2.15. The lowest BCUT2D eigenvalue weighted by molar-refractivity contribution is 0.670. The van der Waals surface area contributed by atoms with E-state index in [1.54, 1.807) is 0 Å². The predicted octanol–water partition coefficient (Wildman–Crippen LogP) is 3.75. The fraction of sp³-hybridized carbons (Fsp3) is 0.400. The number of hydrogen-bond acceptors (Lipinski definition) is 2. The molecule has 1 N–H and O–H groups in total. The van der Waals surface area contributed by atoms with E-state index in [0.29, 0.717) is 0 Å². The summed E-state index contributed by atoms with van der Waals surface area (Å²) in [5.41, 5.74) is 4.68. The molecular formula is C15H20BrN3. The topological polar surface area (TPSA) is 29.9 Å². The summed E-state index contributed by atoms with van der Waals surface area (Å²) in [5, 5.41) is 8.11. The van der Waals surface area contributed by atoms with E-state index in [1.807, 2.05) is 22.9 Å². The summed E-state index contributed by atoms with van der Waals surface area (Å²) in [5.74, 6) is 0. The first-order valence-electron chi connectivity index (χ1n) is 6.65. The van der Waals surface area contributed by atoms with E-state index >= 15 is 0 Å². The molecule has 0 bridgehead atoms. The molecular weight excluding hydrogens is 302 g/mol. The van der Waals surface area contributed by atoms with E-state index in [4.69, 9.17) is 0 Å². The summed E-state index contributed by atoms with van der Waals surface area (Å²) in [6, 6.07) is 8.17. The monoisotopic (exact) mass is 321 g/mol. The van der Waals surface area contributed by atoms with E-state index in [1.165, 1.54) is 11.3 Å². The number of nitrogens with one attached hydrogen (secondary N) is 1. The Morgan fingerprint density at radius 1 is 1.26 bits per heavy atom. The summed E-state index contributed by atoms with van der Waals surface area (Å²) < 4.78 is 3.08. The fourth-order valence-corrected chi connectivity index (χ4v) is 2.63. The number of para-hydroxylation sites is 1. The van der Waals surface area contributed by atoms with Crippen LogP contribution in [0.2, 0.25) is 0 Å². The van der Waals surface area contributed by atoms with Gasteiger partial charge in [0.15, 0.2) is 0 Å². The van der Waals surface area contributed by atoms with Gasteiger partial charge < -0.3 is 5.32 Å². The minimum absolute atomic E-state index is 0.885. The molecule has 2 aromatic rings. The third-order valence-corrected chi connectivity index (χ3v) is 3.92. The first kappa shape index (κ1) is 14.3. The molecule has 0 unspecified atom stereocenters. The van der Waals surface area contributed by atoms with Crippen molar-refractivity contribution in [3.05, 3.63) is 45.7 Å². The van der Waals surface area contributed by atoms with Crippen LogP contribution in [0, 0.1) is 13.8 Å². The van der Waals surface area contributed by atoms with Crippen LogP contribution >= 0.6 is 15.9 Å². The second kappa shape index (κ2) is 6.35. The van der Waals surface area contributed by atoms with Gasteiger partial charge in [-0.25, -0.2) is 4.68 Å². The predicted molar refractivity (Wildman–Crippen MR) is 82.7 cm³/mol. The Kier molecular flexibility index (Phi) is 4.77. The molecule has 0 aliphatic carbocycles. The van der Waals surface area contributed by atoms with Crippen molar-refractivity contribution in [2.24, 2.45) is 0 Å². The van der Waals surface area contributed by atoms with Crippen LogP contribution in [0.3, 0.4) is 0 Å². The summed E-state index contributed by atoms with van der Waals surface area (Å²) in [4.78, 5) is 0. The standard InChI is InChI=1S/C15H20BrN3/c1-4-9-17-10-13-11(2)18-19(12(13)3)15-8-6-5-7-14(15)16/h5-8,17H,4,9-10H2,1-3H3. The van der Waals surface area contributed by atoms with Crippen molar-refractivity contribution in [1.82, 2.24) is 15.1 Å². The van der Waals surface area contributed by atoms with Crippen LogP contribution in [0.1, 0.15) is 30.3 Å². The van der Waals surface area contributed by atoms with E-state index in [9.17, 15) is 0 Å². The van der Waals surface area contributed by atoms with Gasteiger partial charge in [-0.15, -0.1) is 0 Å². The normalized spacial score (nSPS) is 10.9. The van der Waals surface area contributed by atoms with Crippen molar-refractivity contribution >= 4 is 15.9 Å². The average Bonchev–Trinajstić information content (AvgIpc) is 2.67. The Bertz CT molecular complexity index is 561. The minimum Gasteiger partial charge on any atom is -0.313 e. The molecule has 0 saturated carbocycles. The molecule has 1 aromatic carbocycles. The highest BCUT2D eigenvalue weighted by Gasteiger charge is 2.13. The Hall–Kier alpha value is -1.13. The Labute approximate surface area is 123 Å². The molecule has 102 valence electrons. The summed E-state index contributed by atoms with van der Waals surface area (Å²) in [6.45, 7) is 8.30. The third-order valence-electron chi connectivity index (χ3n) is 3.25. The maximum absolute atomic E-state index is 4.67. The maximum atomic E-state index is 4.67. The van der Waals surface area contributed by atoms with Gasteiger partial charge >= 0.3 is 0 Å². The molecule has 0 atom stereocenters. The third kappa shape index (κ3) is 3.07. The summed E-state index contributed by atoms with van der Waals surface area (Å²) in [7, 11) is 0. The Balaban J connectivity index is 2.33. The van der Waals surface area contributed by atoms with Crippen molar-refractivity contribution in [1.29, 1.82) is 0 Å². The van der Waals surface area contributed by atoms with Crippen molar-refractivity contribution in [2.75, 3.05) is 6.54 Å². The number of halogens is 1. The first-order valence-corrected chi connectivity index (χ1v) is 7.45. The van der Waals surface area contributed by atoms with Crippen molar-refractivity contribution in [3.63, 3.8) is 0 Å². The van der Waals surface area contributed by atoms with Crippen molar-refractivity contribution in [3.8, 4) is 5.69 Å². The highest BCUT2D eigenvalue weighted by molar-refractivity contribution is 9.10. The fourth-order valence-electron chi connectivity index (χ4n) is 2.18. The SMILES string of the molecule is CCCNCc1c(C)nn(-c2ccccc2Br)c1C. The van der Waals surface area contributed by atoms with Gasteiger partial charge in [0.05, 0.1) is 11.4 Å². The van der Waals surface area contributed by atoms with Gasteiger partial charge in [-0.2, -0.15) is 5.10 Å². The van der Waals surface area contributed by atoms with Crippen LogP contribution in [-0.4, -0.2) is 16.3 Å². The number of benzene rings is 1. The molecule has 0 aliphatic heterocycles. The number of hydrogen-bond donors (Lipinski definition) is 1. The van der Waals surface area contributed by atoms with Crippen molar-refractivity contribution in [2.45, 2.75) is 33.7 Å². The zero-order valence-electron chi connectivity index (χ0n) is 11.7. The highest BCUT2D eigenvalue weighted by Crippen LogP contribution is 2.24. The van der Waals surface area contributed by atoms with Gasteiger partial charge in [0.1, 0.15) is 0 Å². The van der Waals surface area contributed by atoms with E-state index < -0.39 is 0 Å². The van der Waals surface area contributed by atoms with Crippen LogP contribution in [0.4, 0.5) is 0 Å². The van der Waals surface area contributed by atoms with E-state index in [2.05, 4.69) is 53.2 Å². The lowest BCUT2D eigenvalue weighted by atomic mass is 10.2. The van der Waals surface area contributed by atoms with Gasteiger partial charge in [-0.3, -0.25) is 0 Å². The van der Waals surface area contributed by atoms with Crippen LogP contribution in [0.15, 0.2) is 28.7 Å². The van der Waals surface area contributed by atoms with Crippen LogP contribution in [0.5, 0.6) is 0 Å². The van der Waals surface area contributed by atoms with Gasteiger partial charge in [0.25, 0.3) is 0 Å². The van der Waals surface area contributed by atoms with E-state index in [-0.39, 0.29) is 0 Å². The van der Waals surface area contributed by atoms with Crippen LogP contribution in [-0.2, 0) is 6.54 Å². The Morgan fingerprint density at radius 3 is 2.68 bits per heavy atom. The maximum Gasteiger partial charge on any atom is 0.0790 e. The molecule has 2 rings (SSSR count). The molecule has 0 fully saturated rings. The zero-order chi connectivity index (χ0) is 13.8. The van der Waals surface area contributed by atoms with E-state index in [0.717, 1.165) is 35.4 Å². The summed E-state index contributed by atoms with van der Waals surface area (Å²) >= 11 is 3.59. The molecule has 0 radical (unpaired) electrons. The molecule has 1 aromatic heterocycles. The molecule has 19 heavy (non-hydrogen) atoms. The first-order chi connectivity index (χ1) is 9.15. The number of rotatable bonds is 5. The highest BCUT2D eigenvalue weighted by atomic mass is 79.9. The lowest BCUT2D eigenvalue weighted by Gasteiger charge is -2.08.